The fourth-order valence-electron chi connectivity index (χ4n) is 2.44. The van der Waals surface area contributed by atoms with Crippen LogP contribution in [0.15, 0.2) is 27.1 Å². The van der Waals surface area contributed by atoms with Crippen LogP contribution in [0.25, 0.3) is 0 Å². The Morgan fingerprint density at radius 1 is 1.29 bits per heavy atom. The zero-order chi connectivity index (χ0) is 14.8. The smallest absolute Gasteiger partial charge is 0.289 e. The molecule has 1 atom stereocenters. The summed E-state index contributed by atoms with van der Waals surface area (Å²) in [6.45, 7) is 1.23. The summed E-state index contributed by atoms with van der Waals surface area (Å²) in [5, 5.41) is 12.2. The first-order valence-corrected chi connectivity index (χ1v) is 7.92. The molecule has 1 aromatic rings. The molecule has 0 radical (unpaired) electrons. The molecule has 1 saturated heterocycles. The molecule has 1 aliphatic rings. The molecule has 3 nitrogen and oxygen atoms in total. The van der Waals surface area contributed by atoms with Gasteiger partial charge in [0.2, 0.25) is 0 Å². The van der Waals surface area contributed by atoms with Gasteiger partial charge in [-0.2, -0.15) is 0 Å². The molecule has 0 spiro atoms. The predicted octanol–water partition coefficient (Wildman–Crippen LogP) is 3.21. The van der Waals surface area contributed by atoms with E-state index < -0.39 is 18.6 Å². The number of benzene rings is 1. The van der Waals surface area contributed by atoms with E-state index in [9.17, 15) is 8.78 Å². The minimum atomic E-state index is -3.19. The van der Waals surface area contributed by atoms with Crippen LogP contribution < -0.4 is 5.32 Å². The summed E-state index contributed by atoms with van der Waals surface area (Å²) >= 11 is 6.66. The van der Waals surface area contributed by atoms with Crippen molar-refractivity contribution in [3.8, 4) is 0 Å². The van der Waals surface area contributed by atoms with Crippen LogP contribution in [0.5, 0.6) is 0 Å². The molecule has 0 aromatic heterocycles. The van der Waals surface area contributed by atoms with Crippen molar-refractivity contribution >= 4 is 44.3 Å². The summed E-state index contributed by atoms with van der Waals surface area (Å²) in [5.41, 5.74) is 0.486. The second-order valence-electron chi connectivity index (χ2n) is 4.77. The number of piperazine rings is 1. The SMILES string of the molecule is Cl.OCC(F)(F)[C@@H](c1cc(Br)ccc1Br)N1CCNCC1. The van der Waals surface area contributed by atoms with Crippen molar-refractivity contribution < 1.29 is 13.9 Å². The van der Waals surface area contributed by atoms with E-state index >= 15 is 0 Å². The van der Waals surface area contributed by atoms with Crippen molar-refractivity contribution in [1.29, 1.82) is 0 Å². The molecule has 8 heteroatoms. The summed E-state index contributed by atoms with van der Waals surface area (Å²) in [4.78, 5) is 1.72. The zero-order valence-electron chi connectivity index (χ0n) is 11.2. The van der Waals surface area contributed by atoms with E-state index in [1.165, 1.54) is 0 Å². The Balaban J connectivity index is 0.00000220. The maximum atomic E-state index is 14.3. The first kappa shape index (κ1) is 19.3. The molecule has 1 aromatic carbocycles. The standard InChI is InChI=1S/C13H16Br2F2N2O.ClH/c14-9-1-2-11(15)10(7-9)12(13(16,17)8-20)19-5-3-18-4-6-19;/h1-2,7,12,18,20H,3-6,8H2;1H/t12-;/m1./s1. The van der Waals surface area contributed by atoms with E-state index in [1.807, 2.05) is 0 Å². The molecule has 0 unspecified atom stereocenters. The third kappa shape index (κ3) is 4.59. The van der Waals surface area contributed by atoms with Gasteiger partial charge >= 0.3 is 0 Å². The molecule has 1 aliphatic heterocycles. The van der Waals surface area contributed by atoms with E-state index in [1.54, 1.807) is 23.1 Å². The van der Waals surface area contributed by atoms with Gasteiger partial charge in [-0.05, 0) is 23.8 Å². The number of aliphatic hydroxyl groups is 1. The van der Waals surface area contributed by atoms with Crippen LogP contribution in [-0.2, 0) is 0 Å². The Hall–Kier alpha value is 0.210. The van der Waals surface area contributed by atoms with Gasteiger partial charge < -0.3 is 10.4 Å². The normalized spacial score (nSPS) is 18.1. The van der Waals surface area contributed by atoms with E-state index in [-0.39, 0.29) is 12.4 Å². The van der Waals surface area contributed by atoms with Gasteiger partial charge in [0, 0.05) is 35.1 Å². The van der Waals surface area contributed by atoms with Gasteiger partial charge in [-0.3, -0.25) is 4.90 Å². The maximum Gasteiger partial charge on any atom is 0.289 e. The zero-order valence-corrected chi connectivity index (χ0v) is 15.1. The third-order valence-electron chi connectivity index (χ3n) is 3.38. The number of hydrogen-bond donors (Lipinski definition) is 2. The largest absolute Gasteiger partial charge is 0.390 e. The highest BCUT2D eigenvalue weighted by Gasteiger charge is 2.44. The lowest BCUT2D eigenvalue weighted by Gasteiger charge is -2.39. The molecule has 21 heavy (non-hydrogen) atoms. The van der Waals surface area contributed by atoms with Crippen LogP contribution in [-0.4, -0.2) is 48.7 Å². The number of nitrogens with zero attached hydrogens (tertiary/aromatic N) is 1. The van der Waals surface area contributed by atoms with E-state index in [0.29, 0.717) is 36.2 Å². The number of alkyl halides is 2. The summed E-state index contributed by atoms with van der Waals surface area (Å²) in [7, 11) is 0. The average molecular weight is 451 g/mol. The highest BCUT2D eigenvalue weighted by Crippen LogP contribution is 2.40. The third-order valence-corrected chi connectivity index (χ3v) is 4.60. The number of rotatable bonds is 4. The Labute approximate surface area is 145 Å². The number of aliphatic hydroxyl groups excluding tert-OH is 1. The quantitative estimate of drug-likeness (QED) is 0.740. The van der Waals surface area contributed by atoms with Crippen molar-refractivity contribution in [2.45, 2.75) is 12.0 Å². The van der Waals surface area contributed by atoms with Gasteiger partial charge in [-0.15, -0.1) is 12.4 Å². The molecule has 2 N–H and O–H groups in total. The van der Waals surface area contributed by atoms with Gasteiger partial charge in [-0.1, -0.05) is 31.9 Å². The highest BCUT2D eigenvalue weighted by molar-refractivity contribution is 9.11. The second-order valence-corrected chi connectivity index (χ2v) is 6.54. The lowest BCUT2D eigenvalue weighted by atomic mass is 9.98. The molecule has 0 saturated carbocycles. The molecule has 0 amide bonds. The van der Waals surface area contributed by atoms with Crippen molar-refractivity contribution in [3.05, 3.63) is 32.7 Å². The molecule has 1 heterocycles. The van der Waals surface area contributed by atoms with Crippen molar-refractivity contribution in [3.63, 3.8) is 0 Å². The summed E-state index contributed by atoms with van der Waals surface area (Å²) in [6, 6.07) is 4.07. The van der Waals surface area contributed by atoms with Crippen LogP contribution in [0.3, 0.4) is 0 Å². The van der Waals surface area contributed by atoms with Crippen LogP contribution in [0, 0.1) is 0 Å². The fraction of sp³-hybridized carbons (Fsp3) is 0.538. The first-order valence-electron chi connectivity index (χ1n) is 6.34. The minimum Gasteiger partial charge on any atom is -0.390 e. The van der Waals surface area contributed by atoms with Crippen molar-refractivity contribution in [2.24, 2.45) is 0 Å². The Morgan fingerprint density at radius 3 is 2.48 bits per heavy atom. The lowest BCUT2D eigenvalue weighted by molar-refractivity contribution is -0.118. The minimum absolute atomic E-state index is 0. The van der Waals surface area contributed by atoms with Crippen LogP contribution in [0.1, 0.15) is 11.6 Å². The molecule has 120 valence electrons. The van der Waals surface area contributed by atoms with Crippen molar-refractivity contribution in [1.82, 2.24) is 10.2 Å². The highest BCUT2D eigenvalue weighted by atomic mass is 79.9. The molecule has 0 aliphatic carbocycles. The number of hydrogen-bond acceptors (Lipinski definition) is 3. The summed E-state index contributed by atoms with van der Waals surface area (Å²) in [5.74, 6) is -3.19. The van der Waals surface area contributed by atoms with Gasteiger partial charge in [-0.25, -0.2) is 8.78 Å². The monoisotopic (exact) mass is 448 g/mol. The van der Waals surface area contributed by atoms with Crippen molar-refractivity contribution in [2.75, 3.05) is 32.8 Å². The number of halogens is 5. The molecule has 2 rings (SSSR count). The molecular formula is C13H17Br2ClF2N2O. The van der Waals surface area contributed by atoms with Crippen LogP contribution in [0.4, 0.5) is 8.78 Å². The van der Waals surface area contributed by atoms with Crippen LogP contribution in [0.2, 0.25) is 0 Å². The second kappa shape index (κ2) is 8.17. The Bertz CT molecular complexity index is 473. The van der Waals surface area contributed by atoms with Gasteiger partial charge in [0.15, 0.2) is 0 Å². The van der Waals surface area contributed by atoms with Gasteiger partial charge in [0.1, 0.15) is 12.6 Å². The Kier molecular flexibility index (Phi) is 7.49. The summed E-state index contributed by atoms with van der Waals surface area (Å²) in [6.07, 6.45) is 0. The molecular weight excluding hydrogens is 433 g/mol. The lowest BCUT2D eigenvalue weighted by Crippen LogP contribution is -2.51. The predicted molar refractivity (Wildman–Crippen MR) is 88.3 cm³/mol. The van der Waals surface area contributed by atoms with E-state index in [2.05, 4.69) is 37.2 Å². The van der Waals surface area contributed by atoms with E-state index in [0.717, 1.165) is 4.47 Å². The van der Waals surface area contributed by atoms with Gasteiger partial charge in [0.25, 0.3) is 5.92 Å². The average Bonchev–Trinajstić information content (AvgIpc) is 2.44. The van der Waals surface area contributed by atoms with Gasteiger partial charge in [0.05, 0.1) is 0 Å². The van der Waals surface area contributed by atoms with E-state index in [4.69, 9.17) is 5.11 Å². The maximum absolute atomic E-state index is 14.3. The first-order chi connectivity index (χ1) is 9.45. The number of nitrogens with one attached hydrogen (secondary N) is 1. The Morgan fingerprint density at radius 2 is 1.90 bits per heavy atom. The molecule has 0 bridgehead atoms. The van der Waals surface area contributed by atoms with Crippen LogP contribution >= 0.6 is 44.3 Å². The topological polar surface area (TPSA) is 35.5 Å². The molecule has 1 fully saturated rings. The summed E-state index contributed by atoms with van der Waals surface area (Å²) < 4.78 is 29.9. The fourth-order valence-corrected chi connectivity index (χ4v) is 3.28.